The average Bonchev–Trinajstić information content (AvgIpc) is 2.39. The lowest BCUT2D eigenvalue weighted by molar-refractivity contribution is -0.139. The Morgan fingerprint density at radius 3 is 1.74 bits per heavy atom. The van der Waals surface area contributed by atoms with Crippen molar-refractivity contribution in [1.82, 2.24) is 0 Å². The molecule has 0 aromatic heterocycles. The number of hydrogen-bond donors (Lipinski definition) is 0. The second kappa shape index (κ2) is 14.4. The summed E-state index contributed by atoms with van der Waals surface area (Å²) < 4.78 is 6.35. The fraction of sp³-hybridized carbons (Fsp3) is 0.812. The zero-order valence-electron chi connectivity index (χ0n) is 12.4. The van der Waals surface area contributed by atoms with Crippen LogP contribution in [-0.4, -0.2) is 17.0 Å². The van der Waals surface area contributed by atoms with Gasteiger partial charge in [0.05, 0.1) is 6.61 Å². The van der Waals surface area contributed by atoms with E-state index in [0.29, 0.717) is 12.2 Å². The first kappa shape index (κ1) is 18.9. The highest BCUT2D eigenvalue weighted by molar-refractivity contribution is 14.1. The lowest BCUT2D eigenvalue weighted by Crippen LogP contribution is -2.05. The summed E-state index contributed by atoms with van der Waals surface area (Å²) in [5.41, 5.74) is 0.488. The van der Waals surface area contributed by atoms with E-state index < -0.39 is 0 Å². The van der Waals surface area contributed by atoms with Crippen LogP contribution in [0.3, 0.4) is 0 Å². The van der Waals surface area contributed by atoms with Crippen LogP contribution < -0.4 is 0 Å². The van der Waals surface area contributed by atoms with Gasteiger partial charge >= 0.3 is 5.97 Å². The fourth-order valence-electron chi connectivity index (χ4n) is 1.90. The topological polar surface area (TPSA) is 26.3 Å². The Hall–Kier alpha value is -0.0600. The molecule has 0 atom stereocenters. The Morgan fingerprint density at radius 1 is 0.895 bits per heavy atom. The molecule has 0 radical (unpaired) electrons. The first-order valence-electron chi connectivity index (χ1n) is 7.57. The van der Waals surface area contributed by atoms with Crippen LogP contribution in [0, 0.1) is 0 Å². The molecule has 0 aromatic rings. The molecule has 0 fully saturated rings. The molecule has 0 saturated heterocycles. The van der Waals surface area contributed by atoms with Gasteiger partial charge in [0.1, 0.15) is 0 Å². The highest BCUT2D eigenvalue weighted by Gasteiger charge is 2.01. The number of esters is 1. The van der Waals surface area contributed by atoms with Crippen molar-refractivity contribution in [3.05, 3.63) is 12.2 Å². The van der Waals surface area contributed by atoms with Crippen molar-refractivity contribution < 1.29 is 9.53 Å². The van der Waals surface area contributed by atoms with Crippen molar-refractivity contribution in [2.45, 2.75) is 71.1 Å². The summed E-state index contributed by atoms with van der Waals surface area (Å²) in [7, 11) is 0. The van der Waals surface area contributed by atoms with Crippen molar-refractivity contribution in [2.75, 3.05) is 11.0 Å². The maximum absolute atomic E-state index is 11.1. The van der Waals surface area contributed by atoms with E-state index in [9.17, 15) is 4.79 Å². The molecule has 0 aliphatic rings. The minimum atomic E-state index is -0.258. The van der Waals surface area contributed by atoms with E-state index in [-0.39, 0.29) is 5.97 Å². The van der Waals surface area contributed by atoms with Crippen LogP contribution in [-0.2, 0) is 9.53 Å². The van der Waals surface area contributed by atoms with E-state index in [0.717, 1.165) is 12.8 Å². The van der Waals surface area contributed by atoms with Crippen LogP contribution in [0.1, 0.15) is 71.1 Å². The van der Waals surface area contributed by atoms with E-state index in [1.807, 2.05) is 0 Å². The van der Waals surface area contributed by atoms with Crippen LogP contribution in [0.5, 0.6) is 0 Å². The summed E-state index contributed by atoms with van der Waals surface area (Å²) in [6.07, 6.45) is 13.0. The number of carbonyl (C=O) groups excluding carboxylic acids is 1. The van der Waals surface area contributed by atoms with Crippen molar-refractivity contribution in [3.8, 4) is 0 Å². The third kappa shape index (κ3) is 14.2. The summed E-state index contributed by atoms with van der Waals surface area (Å²) in [5, 5.41) is 0. The Balaban J connectivity index is 3.07. The van der Waals surface area contributed by atoms with Gasteiger partial charge in [-0.1, -0.05) is 80.5 Å². The maximum Gasteiger partial charge on any atom is 0.333 e. The average molecular weight is 380 g/mol. The second-order valence-corrected chi connectivity index (χ2v) is 6.22. The normalized spacial score (nSPS) is 10.4. The molecule has 0 N–H and O–H groups in total. The molecule has 0 rings (SSSR count). The number of unbranched alkanes of at least 4 members (excludes halogenated alkanes) is 9. The van der Waals surface area contributed by atoms with Crippen LogP contribution in [0.15, 0.2) is 12.2 Å². The molecular weight excluding hydrogens is 351 g/mol. The van der Waals surface area contributed by atoms with E-state index in [1.54, 1.807) is 6.92 Å². The SMILES string of the molecule is C=C(C)C(=O)OCCCCCCCCCCCCI. The number of ether oxygens (including phenoxy) is 1. The van der Waals surface area contributed by atoms with Crippen LogP contribution >= 0.6 is 22.6 Å². The van der Waals surface area contributed by atoms with Gasteiger partial charge in [-0.3, -0.25) is 0 Å². The van der Waals surface area contributed by atoms with E-state index in [4.69, 9.17) is 4.74 Å². The molecule has 0 bridgehead atoms. The van der Waals surface area contributed by atoms with Crippen LogP contribution in [0.2, 0.25) is 0 Å². The van der Waals surface area contributed by atoms with Gasteiger partial charge in [-0.05, 0) is 24.2 Å². The number of hydrogen-bond acceptors (Lipinski definition) is 2. The van der Waals surface area contributed by atoms with Crippen molar-refractivity contribution >= 4 is 28.6 Å². The van der Waals surface area contributed by atoms with Crippen molar-refractivity contribution in [1.29, 1.82) is 0 Å². The van der Waals surface area contributed by atoms with Gasteiger partial charge < -0.3 is 4.74 Å². The van der Waals surface area contributed by atoms with Crippen LogP contribution in [0.25, 0.3) is 0 Å². The second-order valence-electron chi connectivity index (χ2n) is 5.14. The molecule has 0 aliphatic carbocycles. The minimum Gasteiger partial charge on any atom is -0.462 e. The van der Waals surface area contributed by atoms with Crippen molar-refractivity contribution in [2.24, 2.45) is 0 Å². The summed E-state index contributed by atoms with van der Waals surface area (Å²) in [5.74, 6) is -0.258. The molecule has 0 heterocycles. The van der Waals surface area contributed by atoms with E-state index in [1.165, 1.54) is 55.8 Å². The van der Waals surface area contributed by atoms with Gasteiger partial charge in [0.25, 0.3) is 0 Å². The molecule has 0 saturated carbocycles. The molecule has 0 aromatic carbocycles. The van der Waals surface area contributed by atoms with E-state index >= 15 is 0 Å². The van der Waals surface area contributed by atoms with Crippen LogP contribution in [0.4, 0.5) is 0 Å². The fourth-order valence-corrected chi connectivity index (χ4v) is 2.44. The lowest BCUT2D eigenvalue weighted by Gasteiger charge is -2.04. The molecule has 19 heavy (non-hydrogen) atoms. The molecule has 2 nitrogen and oxygen atoms in total. The lowest BCUT2D eigenvalue weighted by atomic mass is 10.1. The zero-order chi connectivity index (χ0) is 14.3. The van der Waals surface area contributed by atoms with Gasteiger partial charge in [0.2, 0.25) is 0 Å². The van der Waals surface area contributed by atoms with Crippen molar-refractivity contribution in [3.63, 3.8) is 0 Å². The monoisotopic (exact) mass is 380 g/mol. The maximum atomic E-state index is 11.1. The Morgan fingerprint density at radius 2 is 1.32 bits per heavy atom. The zero-order valence-corrected chi connectivity index (χ0v) is 14.5. The predicted molar refractivity (Wildman–Crippen MR) is 90.8 cm³/mol. The summed E-state index contributed by atoms with van der Waals surface area (Å²) in [4.78, 5) is 11.1. The van der Waals surface area contributed by atoms with Gasteiger partial charge in [-0.25, -0.2) is 4.79 Å². The summed E-state index contributed by atoms with van der Waals surface area (Å²) in [6.45, 7) is 5.78. The van der Waals surface area contributed by atoms with Gasteiger partial charge in [-0.2, -0.15) is 0 Å². The number of halogens is 1. The Kier molecular flexibility index (Phi) is 14.3. The predicted octanol–water partition coefficient (Wildman–Crippen LogP) is 5.44. The quantitative estimate of drug-likeness (QED) is 0.140. The smallest absolute Gasteiger partial charge is 0.333 e. The van der Waals surface area contributed by atoms with Gasteiger partial charge in [-0.15, -0.1) is 0 Å². The minimum absolute atomic E-state index is 0.258. The third-order valence-corrected chi connectivity index (χ3v) is 3.87. The highest BCUT2D eigenvalue weighted by atomic mass is 127. The van der Waals surface area contributed by atoms with E-state index in [2.05, 4.69) is 29.2 Å². The number of rotatable bonds is 13. The first-order valence-corrected chi connectivity index (χ1v) is 9.09. The van der Waals surface area contributed by atoms with Gasteiger partial charge in [0.15, 0.2) is 0 Å². The standard InChI is InChI=1S/C16H29IO2/c1-15(2)16(18)19-14-12-10-8-6-4-3-5-7-9-11-13-17/h1,3-14H2,2H3. The molecule has 112 valence electrons. The molecule has 0 unspecified atom stereocenters. The third-order valence-electron chi connectivity index (χ3n) is 3.11. The Bertz CT molecular complexity index is 239. The first-order chi connectivity index (χ1) is 9.18. The summed E-state index contributed by atoms with van der Waals surface area (Å²) >= 11 is 2.45. The molecule has 0 aliphatic heterocycles. The molecular formula is C16H29IO2. The Labute approximate surface area is 132 Å². The number of carbonyl (C=O) groups is 1. The number of alkyl halides is 1. The highest BCUT2D eigenvalue weighted by Crippen LogP contribution is 2.11. The molecule has 0 amide bonds. The molecule has 0 spiro atoms. The summed E-state index contributed by atoms with van der Waals surface area (Å²) in [6, 6.07) is 0. The molecule has 3 heteroatoms. The van der Waals surface area contributed by atoms with Gasteiger partial charge in [0, 0.05) is 5.57 Å². The largest absolute Gasteiger partial charge is 0.462 e.